The summed E-state index contributed by atoms with van der Waals surface area (Å²) in [4.78, 5) is 20.8. The van der Waals surface area contributed by atoms with E-state index in [0.717, 1.165) is 11.1 Å². The van der Waals surface area contributed by atoms with Gasteiger partial charge in [0.25, 0.3) is 0 Å². The molecule has 1 atom stereocenters. The van der Waals surface area contributed by atoms with Gasteiger partial charge in [0, 0.05) is 43.4 Å². The fourth-order valence-electron chi connectivity index (χ4n) is 2.59. The molecule has 2 aromatic heterocycles. The number of pyridine rings is 2. The molecule has 0 radical (unpaired) electrons. The third-order valence-corrected chi connectivity index (χ3v) is 3.96. The summed E-state index contributed by atoms with van der Waals surface area (Å²) in [7, 11) is 0. The Labute approximate surface area is 152 Å². The van der Waals surface area contributed by atoms with E-state index in [0.29, 0.717) is 18.7 Å². The third kappa shape index (κ3) is 4.64. The molecule has 0 aliphatic rings. The number of nitrogens with one attached hydrogen (secondary N) is 2. The molecule has 132 valence electrons. The largest absolute Gasteiger partial charge is 0.508 e. The third-order valence-electron chi connectivity index (χ3n) is 3.96. The highest BCUT2D eigenvalue weighted by molar-refractivity contribution is 5.84. The molecule has 3 aromatic rings. The number of carbonyl (C=O) groups is 1. The Bertz CT molecular complexity index is 841. The van der Waals surface area contributed by atoms with Crippen LogP contribution in [0, 0.1) is 0 Å². The molecule has 0 aliphatic heterocycles. The van der Waals surface area contributed by atoms with Crippen molar-refractivity contribution < 1.29 is 9.90 Å². The maximum Gasteiger partial charge on any atom is 0.242 e. The fourth-order valence-corrected chi connectivity index (χ4v) is 2.59. The zero-order valence-corrected chi connectivity index (χ0v) is 14.2. The van der Waals surface area contributed by atoms with Gasteiger partial charge in [-0.05, 0) is 35.4 Å². The lowest BCUT2D eigenvalue weighted by atomic mass is 10.0. The van der Waals surface area contributed by atoms with Gasteiger partial charge in [-0.1, -0.05) is 24.3 Å². The minimum Gasteiger partial charge on any atom is -0.508 e. The minimum atomic E-state index is -0.682. The van der Waals surface area contributed by atoms with Crippen molar-refractivity contribution in [2.24, 2.45) is 0 Å². The SMILES string of the molecule is O=C(NCc1ccncc1)C(NCc1cccnc1)c1ccccc1O. The van der Waals surface area contributed by atoms with Crippen molar-refractivity contribution in [2.75, 3.05) is 0 Å². The van der Waals surface area contributed by atoms with Crippen LogP contribution >= 0.6 is 0 Å². The monoisotopic (exact) mass is 348 g/mol. The first-order chi connectivity index (χ1) is 12.7. The van der Waals surface area contributed by atoms with E-state index in [-0.39, 0.29) is 11.7 Å². The maximum atomic E-state index is 12.8. The van der Waals surface area contributed by atoms with Crippen LogP contribution in [0.4, 0.5) is 0 Å². The summed E-state index contributed by atoms with van der Waals surface area (Å²) in [5.74, 6) is -0.137. The maximum absolute atomic E-state index is 12.8. The lowest BCUT2D eigenvalue weighted by molar-refractivity contribution is -0.123. The minimum absolute atomic E-state index is 0.0789. The number of hydrogen-bond donors (Lipinski definition) is 3. The Kier molecular flexibility index (Phi) is 5.90. The Morgan fingerprint density at radius 1 is 0.923 bits per heavy atom. The highest BCUT2D eigenvalue weighted by Gasteiger charge is 2.22. The lowest BCUT2D eigenvalue weighted by Gasteiger charge is -2.20. The van der Waals surface area contributed by atoms with Crippen molar-refractivity contribution in [2.45, 2.75) is 19.1 Å². The van der Waals surface area contributed by atoms with E-state index in [1.54, 1.807) is 49.1 Å². The van der Waals surface area contributed by atoms with Gasteiger partial charge in [0.2, 0.25) is 5.91 Å². The number of amides is 1. The number of phenols is 1. The predicted octanol–water partition coefficient (Wildman–Crippen LogP) is 2.33. The highest BCUT2D eigenvalue weighted by atomic mass is 16.3. The molecule has 0 spiro atoms. The van der Waals surface area contributed by atoms with Crippen LogP contribution in [-0.4, -0.2) is 21.0 Å². The average molecular weight is 348 g/mol. The van der Waals surface area contributed by atoms with Crippen LogP contribution in [0.2, 0.25) is 0 Å². The van der Waals surface area contributed by atoms with Crippen LogP contribution in [0.3, 0.4) is 0 Å². The van der Waals surface area contributed by atoms with Crippen molar-refractivity contribution in [1.82, 2.24) is 20.6 Å². The number of aromatic hydroxyl groups is 1. The molecule has 1 amide bonds. The number of nitrogens with zero attached hydrogens (tertiary/aromatic N) is 2. The molecular weight excluding hydrogens is 328 g/mol. The zero-order valence-electron chi connectivity index (χ0n) is 14.2. The number of rotatable bonds is 7. The van der Waals surface area contributed by atoms with Gasteiger partial charge in [0.1, 0.15) is 11.8 Å². The van der Waals surface area contributed by atoms with Gasteiger partial charge < -0.3 is 10.4 Å². The van der Waals surface area contributed by atoms with Gasteiger partial charge in [-0.25, -0.2) is 0 Å². The van der Waals surface area contributed by atoms with Crippen LogP contribution in [0.5, 0.6) is 5.75 Å². The number of benzene rings is 1. The van der Waals surface area contributed by atoms with Crippen molar-refractivity contribution in [3.8, 4) is 5.75 Å². The molecule has 0 saturated heterocycles. The molecular formula is C20H20N4O2. The van der Waals surface area contributed by atoms with Crippen molar-refractivity contribution in [3.63, 3.8) is 0 Å². The van der Waals surface area contributed by atoms with Crippen molar-refractivity contribution in [1.29, 1.82) is 0 Å². The summed E-state index contributed by atoms with van der Waals surface area (Å²) in [6, 6.07) is 13.6. The molecule has 3 N–H and O–H groups in total. The van der Waals surface area contributed by atoms with E-state index < -0.39 is 6.04 Å². The molecule has 0 bridgehead atoms. The number of phenolic OH excluding ortho intramolecular Hbond substituents is 1. The highest BCUT2D eigenvalue weighted by Crippen LogP contribution is 2.24. The summed E-state index contributed by atoms with van der Waals surface area (Å²) >= 11 is 0. The Balaban J connectivity index is 1.73. The molecule has 6 nitrogen and oxygen atoms in total. The number of carbonyl (C=O) groups excluding carboxylic acids is 1. The zero-order chi connectivity index (χ0) is 18.2. The topological polar surface area (TPSA) is 87.1 Å². The summed E-state index contributed by atoms with van der Waals surface area (Å²) < 4.78 is 0. The first-order valence-electron chi connectivity index (χ1n) is 8.31. The van der Waals surface area contributed by atoms with Crippen LogP contribution in [0.15, 0.2) is 73.3 Å². The summed E-state index contributed by atoms with van der Waals surface area (Å²) in [5, 5.41) is 16.3. The lowest BCUT2D eigenvalue weighted by Crippen LogP contribution is -2.37. The first-order valence-corrected chi connectivity index (χ1v) is 8.31. The fraction of sp³-hybridized carbons (Fsp3) is 0.150. The molecule has 1 aromatic carbocycles. The van der Waals surface area contributed by atoms with E-state index in [1.807, 2.05) is 24.3 Å². The first kappa shape index (κ1) is 17.6. The van der Waals surface area contributed by atoms with E-state index in [9.17, 15) is 9.90 Å². The summed E-state index contributed by atoms with van der Waals surface area (Å²) in [5.41, 5.74) is 2.44. The van der Waals surface area contributed by atoms with E-state index in [4.69, 9.17) is 0 Å². The molecule has 0 saturated carbocycles. The van der Waals surface area contributed by atoms with Gasteiger partial charge in [-0.3, -0.25) is 20.1 Å². The van der Waals surface area contributed by atoms with Gasteiger partial charge >= 0.3 is 0 Å². The van der Waals surface area contributed by atoms with E-state index in [1.165, 1.54) is 0 Å². The molecule has 26 heavy (non-hydrogen) atoms. The summed E-state index contributed by atoms with van der Waals surface area (Å²) in [6.45, 7) is 0.843. The molecule has 0 fully saturated rings. The van der Waals surface area contributed by atoms with Crippen LogP contribution < -0.4 is 10.6 Å². The molecule has 2 heterocycles. The second-order valence-corrected chi connectivity index (χ2v) is 5.81. The quantitative estimate of drug-likeness (QED) is 0.610. The molecule has 6 heteroatoms. The number of para-hydroxylation sites is 1. The standard InChI is InChI=1S/C20H20N4O2/c25-18-6-2-1-5-17(18)19(23-14-16-4-3-9-22-12-16)20(26)24-13-15-7-10-21-11-8-15/h1-12,19,23,25H,13-14H2,(H,24,26). The summed E-state index contributed by atoms with van der Waals surface area (Å²) in [6.07, 6.45) is 6.81. The number of hydrogen-bond acceptors (Lipinski definition) is 5. The van der Waals surface area contributed by atoms with Gasteiger partial charge in [0.15, 0.2) is 0 Å². The van der Waals surface area contributed by atoms with Crippen molar-refractivity contribution >= 4 is 5.91 Å². The van der Waals surface area contributed by atoms with Crippen LogP contribution in [0.25, 0.3) is 0 Å². The predicted molar refractivity (Wildman–Crippen MR) is 98.0 cm³/mol. The van der Waals surface area contributed by atoms with Crippen LogP contribution in [-0.2, 0) is 17.9 Å². The van der Waals surface area contributed by atoms with E-state index in [2.05, 4.69) is 20.6 Å². The number of aromatic nitrogens is 2. The second-order valence-electron chi connectivity index (χ2n) is 5.81. The Hall–Kier alpha value is -3.25. The molecule has 1 unspecified atom stereocenters. The van der Waals surface area contributed by atoms with E-state index >= 15 is 0 Å². The van der Waals surface area contributed by atoms with Gasteiger partial charge in [-0.2, -0.15) is 0 Å². The second kappa shape index (κ2) is 8.73. The van der Waals surface area contributed by atoms with Crippen LogP contribution in [0.1, 0.15) is 22.7 Å². The Morgan fingerprint density at radius 2 is 1.73 bits per heavy atom. The van der Waals surface area contributed by atoms with Crippen molar-refractivity contribution in [3.05, 3.63) is 90.0 Å². The van der Waals surface area contributed by atoms with Gasteiger partial charge in [-0.15, -0.1) is 0 Å². The average Bonchev–Trinajstić information content (AvgIpc) is 2.69. The smallest absolute Gasteiger partial charge is 0.242 e. The Morgan fingerprint density at radius 3 is 2.46 bits per heavy atom. The molecule has 3 rings (SSSR count). The normalized spacial score (nSPS) is 11.7. The van der Waals surface area contributed by atoms with Gasteiger partial charge in [0.05, 0.1) is 0 Å². The molecule has 0 aliphatic carbocycles.